The molecule has 4 rings (SSSR count). The number of nitrogens with zero attached hydrogens (tertiary/aromatic N) is 2. The number of fused-ring (bicyclic) bond motifs is 1. The van der Waals surface area contributed by atoms with Crippen LogP contribution in [-0.2, 0) is 14.3 Å². The van der Waals surface area contributed by atoms with Gasteiger partial charge in [0.1, 0.15) is 0 Å². The SMILES string of the molecule is O=C(Nc1ccc2nc(N3CCOCC3)sc2c1)C1CCOCC1. The minimum absolute atomic E-state index is 0.0554. The second-order valence-electron chi connectivity index (χ2n) is 6.15. The third kappa shape index (κ3) is 3.38. The van der Waals surface area contributed by atoms with E-state index in [2.05, 4.69) is 10.2 Å². The van der Waals surface area contributed by atoms with Crippen molar-refractivity contribution < 1.29 is 14.3 Å². The van der Waals surface area contributed by atoms with Gasteiger partial charge in [0, 0.05) is 37.9 Å². The molecule has 2 aliphatic heterocycles. The molecule has 2 aromatic rings. The summed E-state index contributed by atoms with van der Waals surface area (Å²) in [5.41, 5.74) is 1.82. The highest BCUT2D eigenvalue weighted by molar-refractivity contribution is 7.22. The van der Waals surface area contributed by atoms with Crippen LogP contribution in [0, 0.1) is 5.92 Å². The van der Waals surface area contributed by atoms with E-state index in [4.69, 9.17) is 14.5 Å². The molecule has 0 aliphatic carbocycles. The number of thiazole rings is 1. The lowest BCUT2D eigenvalue weighted by atomic mass is 9.99. The van der Waals surface area contributed by atoms with E-state index in [0.29, 0.717) is 13.2 Å². The Hall–Kier alpha value is -1.70. The van der Waals surface area contributed by atoms with Crippen molar-refractivity contribution in [2.45, 2.75) is 12.8 Å². The molecule has 0 spiro atoms. The molecular formula is C17H21N3O3S. The van der Waals surface area contributed by atoms with Gasteiger partial charge in [0.25, 0.3) is 0 Å². The molecule has 0 bridgehead atoms. The zero-order valence-electron chi connectivity index (χ0n) is 13.5. The largest absolute Gasteiger partial charge is 0.381 e. The molecule has 3 heterocycles. The van der Waals surface area contributed by atoms with Crippen molar-refractivity contribution in [2.24, 2.45) is 5.92 Å². The number of benzene rings is 1. The number of morpholine rings is 1. The fourth-order valence-electron chi connectivity index (χ4n) is 3.08. The van der Waals surface area contributed by atoms with Crippen LogP contribution in [0.15, 0.2) is 18.2 Å². The highest BCUT2D eigenvalue weighted by Crippen LogP contribution is 2.31. The lowest BCUT2D eigenvalue weighted by Crippen LogP contribution is -2.36. The fourth-order valence-corrected chi connectivity index (χ4v) is 4.14. The first kappa shape index (κ1) is 15.8. The summed E-state index contributed by atoms with van der Waals surface area (Å²) in [4.78, 5) is 19.3. The maximum Gasteiger partial charge on any atom is 0.227 e. The summed E-state index contributed by atoms with van der Waals surface area (Å²) < 4.78 is 11.8. The number of rotatable bonds is 3. The first-order valence-electron chi connectivity index (χ1n) is 8.41. The molecule has 0 atom stereocenters. The normalized spacial score (nSPS) is 19.6. The van der Waals surface area contributed by atoms with E-state index < -0.39 is 0 Å². The molecule has 24 heavy (non-hydrogen) atoms. The van der Waals surface area contributed by atoms with Crippen LogP contribution in [0.3, 0.4) is 0 Å². The summed E-state index contributed by atoms with van der Waals surface area (Å²) in [7, 11) is 0. The second-order valence-corrected chi connectivity index (χ2v) is 7.16. The molecule has 0 saturated carbocycles. The Bertz CT molecular complexity index is 721. The van der Waals surface area contributed by atoms with E-state index >= 15 is 0 Å². The van der Waals surface area contributed by atoms with Gasteiger partial charge in [0.15, 0.2) is 5.13 Å². The van der Waals surface area contributed by atoms with Gasteiger partial charge in [-0.25, -0.2) is 4.98 Å². The van der Waals surface area contributed by atoms with Crippen LogP contribution >= 0.6 is 11.3 Å². The monoisotopic (exact) mass is 347 g/mol. The Morgan fingerprint density at radius 1 is 1.17 bits per heavy atom. The summed E-state index contributed by atoms with van der Waals surface area (Å²) in [6.45, 7) is 4.62. The van der Waals surface area contributed by atoms with Gasteiger partial charge in [-0.2, -0.15) is 0 Å². The minimum atomic E-state index is 0.0554. The number of hydrogen-bond donors (Lipinski definition) is 1. The quantitative estimate of drug-likeness (QED) is 0.924. The highest BCUT2D eigenvalue weighted by atomic mass is 32.1. The molecule has 2 aliphatic rings. The summed E-state index contributed by atoms with van der Waals surface area (Å²) in [5, 5.41) is 4.07. The van der Waals surface area contributed by atoms with E-state index in [1.54, 1.807) is 11.3 Å². The van der Waals surface area contributed by atoms with Crippen LogP contribution < -0.4 is 10.2 Å². The Labute approximate surface area is 144 Å². The van der Waals surface area contributed by atoms with Gasteiger partial charge in [-0.15, -0.1) is 0 Å². The van der Waals surface area contributed by atoms with Gasteiger partial charge in [-0.05, 0) is 31.0 Å². The predicted molar refractivity (Wildman–Crippen MR) is 94.8 cm³/mol. The third-order valence-electron chi connectivity index (χ3n) is 4.52. The molecule has 2 saturated heterocycles. The van der Waals surface area contributed by atoms with Gasteiger partial charge in [0.2, 0.25) is 5.91 Å². The number of ether oxygens (including phenoxy) is 2. The van der Waals surface area contributed by atoms with Crippen molar-refractivity contribution in [1.82, 2.24) is 4.98 Å². The Balaban J connectivity index is 1.49. The Kier molecular flexibility index (Phi) is 4.64. The molecule has 0 unspecified atom stereocenters. The molecule has 7 heteroatoms. The summed E-state index contributed by atoms with van der Waals surface area (Å²) in [6.07, 6.45) is 1.60. The maximum absolute atomic E-state index is 12.4. The first-order valence-corrected chi connectivity index (χ1v) is 9.23. The first-order chi connectivity index (χ1) is 11.8. The van der Waals surface area contributed by atoms with Gasteiger partial charge >= 0.3 is 0 Å². The van der Waals surface area contributed by atoms with Crippen LogP contribution in [0.25, 0.3) is 10.2 Å². The van der Waals surface area contributed by atoms with Crippen molar-refractivity contribution in [3.05, 3.63) is 18.2 Å². The van der Waals surface area contributed by atoms with E-state index in [0.717, 1.165) is 60.2 Å². The van der Waals surface area contributed by atoms with Crippen molar-refractivity contribution >= 4 is 38.3 Å². The topological polar surface area (TPSA) is 63.7 Å². The van der Waals surface area contributed by atoms with Crippen molar-refractivity contribution in [1.29, 1.82) is 0 Å². The maximum atomic E-state index is 12.4. The van der Waals surface area contributed by atoms with Gasteiger partial charge < -0.3 is 19.7 Å². The average molecular weight is 347 g/mol. The number of carbonyl (C=O) groups is 1. The van der Waals surface area contributed by atoms with Crippen LogP contribution in [0.1, 0.15) is 12.8 Å². The van der Waals surface area contributed by atoms with Crippen LogP contribution in [0.2, 0.25) is 0 Å². The van der Waals surface area contributed by atoms with Crippen LogP contribution in [-0.4, -0.2) is 50.4 Å². The summed E-state index contributed by atoms with van der Waals surface area (Å²) in [5.74, 6) is 0.149. The molecule has 1 amide bonds. The third-order valence-corrected chi connectivity index (χ3v) is 5.60. The highest BCUT2D eigenvalue weighted by Gasteiger charge is 2.22. The van der Waals surface area contributed by atoms with E-state index in [1.807, 2.05) is 18.2 Å². The molecule has 0 radical (unpaired) electrons. The number of carbonyl (C=O) groups excluding carboxylic acids is 1. The Morgan fingerprint density at radius 3 is 2.71 bits per heavy atom. The Morgan fingerprint density at radius 2 is 1.92 bits per heavy atom. The van der Waals surface area contributed by atoms with Gasteiger partial charge in [-0.3, -0.25) is 4.79 Å². The van der Waals surface area contributed by atoms with Crippen LogP contribution in [0.4, 0.5) is 10.8 Å². The average Bonchev–Trinajstić information content (AvgIpc) is 3.06. The molecule has 128 valence electrons. The molecular weight excluding hydrogens is 326 g/mol. The lowest BCUT2D eigenvalue weighted by molar-refractivity contribution is -0.122. The smallest absolute Gasteiger partial charge is 0.227 e. The van der Waals surface area contributed by atoms with Gasteiger partial charge in [-0.1, -0.05) is 11.3 Å². The number of anilines is 2. The van der Waals surface area contributed by atoms with Crippen molar-refractivity contribution in [3.63, 3.8) is 0 Å². The van der Waals surface area contributed by atoms with Crippen molar-refractivity contribution in [3.8, 4) is 0 Å². The van der Waals surface area contributed by atoms with E-state index in [1.165, 1.54) is 0 Å². The zero-order valence-corrected chi connectivity index (χ0v) is 14.3. The second kappa shape index (κ2) is 7.04. The van der Waals surface area contributed by atoms with Crippen molar-refractivity contribution in [2.75, 3.05) is 49.7 Å². The molecule has 1 aromatic heterocycles. The van der Waals surface area contributed by atoms with E-state index in [9.17, 15) is 4.79 Å². The van der Waals surface area contributed by atoms with E-state index in [-0.39, 0.29) is 11.8 Å². The number of aromatic nitrogens is 1. The molecule has 1 N–H and O–H groups in total. The van der Waals surface area contributed by atoms with Crippen LogP contribution in [0.5, 0.6) is 0 Å². The number of amides is 1. The zero-order chi connectivity index (χ0) is 16.4. The van der Waals surface area contributed by atoms with Gasteiger partial charge in [0.05, 0.1) is 23.4 Å². The number of hydrogen-bond acceptors (Lipinski definition) is 6. The lowest BCUT2D eigenvalue weighted by Gasteiger charge is -2.25. The predicted octanol–water partition coefficient (Wildman–Crippen LogP) is 2.50. The fraction of sp³-hybridized carbons (Fsp3) is 0.529. The minimum Gasteiger partial charge on any atom is -0.381 e. The standard InChI is InChI=1S/C17H21N3O3S/c21-16(12-3-7-22-8-4-12)18-13-1-2-14-15(11-13)24-17(19-14)20-5-9-23-10-6-20/h1-2,11-12H,3-10H2,(H,18,21). The summed E-state index contributed by atoms with van der Waals surface area (Å²) in [6, 6.07) is 5.94. The summed E-state index contributed by atoms with van der Waals surface area (Å²) >= 11 is 1.67. The molecule has 6 nitrogen and oxygen atoms in total. The number of nitrogens with one attached hydrogen (secondary N) is 1. The molecule has 2 fully saturated rings. The molecule has 1 aromatic carbocycles.